The zero-order chi connectivity index (χ0) is 44.5. The van der Waals surface area contributed by atoms with Gasteiger partial charge in [-0.2, -0.15) is 0 Å². The highest BCUT2D eigenvalue weighted by Crippen LogP contribution is 2.43. The van der Waals surface area contributed by atoms with E-state index >= 15 is 0 Å². The van der Waals surface area contributed by atoms with Gasteiger partial charge in [-0.25, -0.2) is 15.0 Å². The van der Waals surface area contributed by atoms with Gasteiger partial charge in [0, 0.05) is 33.2 Å². The maximum absolute atomic E-state index is 5.30. The van der Waals surface area contributed by atoms with Crippen molar-refractivity contribution < 1.29 is 0 Å². The number of aromatic nitrogens is 4. The zero-order valence-electron chi connectivity index (χ0n) is 36.5. The molecule has 0 atom stereocenters. The van der Waals surface area contributed by atoms with Crippen molar-refractivity contribution in [2.24, 2.45) is 0 Å². The van der Waals surface area contributed by atoms with Crippen LogP contribution in [-0.4, -0.2) is 19.5 Å². The summed E-state index contributed by atoms with van der Waals surface area (Å²) in [5.74, 6) is 1.83. The van der Waals surface area contributed by atoms with Gasteiger partial charge in [0.1, 0.15) is 0 Å². The Balaban J connectivity index is 1.09. The fourth-order valence-corrected chi connectivity index (χ4v) is 9.31. The Morgan fingerprint density at radius 1 is 0.239 bits per heavy atom. The summed E-state index contributed by atoms with van der Waals surface area (Å²) in [4.78, 5) is 15.7. The Labute approximate surface area is 389 Å². The molecule has 12 rings (SSSR count). The van der Waals surface area contributed by atoms with Crippen molar-refractivity contribution in [1.82, 2.24) is 19.5 Å². The molecule has 0 bridgehead atoms. The molecule has 4 heteroatoms. The average molecular weight is 855 g/mol. The highest BCUT2D eigenvalue weighted by molar-refractivity contribution is 6.17. The lowest BCUT2D eigenvalue weighted by molar-refractivity contribution is 1.07. The van der Waals surface area contributed by atoms with Crippen LogP contribution in [-0.2, 0) is 0 Å². The molecule has 0 radical (unpaired) electrons. The molecule has 0 N–H and O–H groups in total. The van der Waals surface area contributed by atoms with Crippen LogP contribution in [0.1, 0.15) is 0 Å². The lowest BCUT2D eigenvalue weighted by Crippen LogP contribution is -2.01. The molecule has 0 amide bonds. The van der Waals surface area contributed by atoms with Gasteiger partial charge in [-0.3, -0.25) is 0 Å². The molecule has 0 saturated heterocycles. The number of rotatable bonds is 9. The third-order valence-corrected chi connectivity index (χ3v) is 12.7. The van der Waals surface area contributed by atoms with Crippen LogP contribution in [0.5, 0.6) is 0 Å². The highest BCUT2D eigenvalue weighted by atomic mass is 15.0. The second-order valence-corrected chi connectivity index (χ2v) is 16.8. The molecule has 2 heterocycles. The molecule has 314 valence electrons. The highest BCUT2D eigenvalue weighted by Gasteiger charge is 2.22. The van der Waals surface area contributed by atoms with Gasteiger partial charge in [-0.1, -0.05) is 218 Å². The maximum atomic E-state index is 5.30. The number of hydrogen-bond acceptors (Lipinski definition) is 3. The third kappa shape index (κ3) is 7.67. The molecule has 0 fully saturated rings. The van der Waals surface area contributed by atoms with E-state index in [1.165, 1.54) is 22.1 Å². The number of benzene rings is 10. The fraction of sp³-hybridized carbons (Fsp3) is 0. The predicted molar refractivity (Wildman–Crippen MR) is 278 cm³/mol. The summed E-state index contributed by atoms with van der Waals surface area (Å²) in [7, 11) is 0. The van der Waals surface area contributed by atoms with Crippen LogP contribution >= 0.6 is 0 Å². The zero-order valence-corrected chi connectivity index (χ0v) is 36.5. The minimum absolute atomic E-state index is 0.601. The normalized spacial score (nSPS) is 11.3. The monoisotopic (exact) mass is 854 g/mol. The van der Waals surface area contributed by atoms with Gasteiger partial charge in [0.25, 0.3) is 0 Å². The quantitative estimate of drug-likeness (QED) is 0.145. The van der Waals surface area contributed by atoms with E-state index in [1.54, 1.807) is 0 Å². The first-order chi connectivity index (χ1) is 33.2. The van der Waals surface area contributed by atoms with E-state index in [0.29, 0.717) is 17.5 Å². The van der Waals surface area contributed by atoms with E-state index in [9.17, 15) is 0 Å². The van der Waals surface area contributed by atoms with E-state index in [-0.39, 0.29) is 0 Å². The van der Waals surface area contributed by atoms with Crippen molar-refractivity contribution in [2.75, 3.05) is 0 Å². The Hall–Kier alpha value is -8.99. The first kappa shape index (κ1) is 39.6. The SMILES string of the molecule is c1ccc(-c2ccc(-c3cccc(-n4c5ccc(-c6ccccc6)cc5c5c(-c6ccccc6)cc(-c6nc(-c7ccccc7)nc(-c7ccc(-c8ccccc8)cc7)n6)cc54)c3)cc2)cc1. The summed E-state index contributed by atoms with van der Waals surface area (Å²) < 4.78 is 2.42. The minimum Gasteiger partial charge on any atom is -0.309 e. The second kappa shape index (κ2) is 17.2. The molecule has 0 unspecified atom stereocenters. The van der Waals surface area contributed by atoms with E-state index in [1.807, 2.05) is 24.3 Å². The Morgan fingerprint density at radius 2 is 0.612 bits per heavy atom. The van der Waals surface area contributed by atoms with Crippen LogP contribution in [0.25, 0.3) is 117 Å². The van der Waals surface area contributed by atoms with Crippen LogP contribution in [0.4, 0.5) is 0 Å². The summed E-state index contributed by atoms with van der Waals surface area (Å²) in [6.45, 7) is 0. The lowest BCUT2D eigenvalue weighted by atomic mass is 9.95. The summed E-state index contributed by atoms with van der Waals surface area (Å²) in [6.07, 6.45) is 0. The molecule has 10 aromatic carbocycles. The van der Waals surface area contributed by atoms with Gasteiger partial charge >= 0.3 is 0 Å². The van der Waals surface area contributed by atoms with Gasteiger partial charge < -0.3 is 4.57 Å². The number of hydrogen-bond donors (Lipinski definition) is 0. The summed E-state index contributed by atoms with van der Waals surface area (Å²) in [5.41, 5.74) is 17.5. The molecule has 0 spiro atoms. The summed E-state index contributed by atoms with van der Waals surface area (Å²) in [6, 6.07) is 90.2. The molecule has 0 aliphatic rings. The van der Waals surface area contributed by atoms with Crippen LogP contribution in [0, 0.1) is 0 Å². The van der Waals surface area contributed by atoms with Crippen LogP contribution in [0.3, 0.4) is 0 Å². The maximum Gasteiger partial charge on any atom is 0.164 e. The van der Waals surface area contributed by atoms with Gasteiger partial charge in [-0.15, -0.1) is 0 Å². The number of fused-ring (bicyclic) bond motifs is 3. The Bertz CT molecular complexity index is 3680. The Morgan fingerprint density at radius 3 is 1.15 bits per heavy atom. The van der Waals surface area contributed by atoms with Crippen molar-refractivity contribution in [3.8, 4) is 95.5 Å². The average Bonchev–Trinajstić information content (AvgIpc) is 3.75. The molecule has 12 aromatic rings. The van der Waals surface area contributed by atoms with E-state index < -0.39 is 0 Å². The smallest absolute Gasteiger partial charge is 0.164 e. The van der Waals surface area contributed by atoms with E-state index in [4.69, 9.17) is 15.0 Å². The standard InChI is InChI=1S/C63H42N4/c1-6-17-43(18-7-1)46-29-31-48(32-30-46)52-27-16-28-55(39-52)67-58-38-37-53(45-21-10-3-11-22-45)40-57(58)60-56(49-23-12-4-13-24-49)41-54(42-59(60)67)63-65-61(50-25-14-5-15-26-50)64-62(66-63)51-35-33-47(34-36-51)44-19-8-2-9-20-44/h1-42H. The lowest BCUT2D eigenvalue weighted by Gasteiger charge is -2.14. The molecule has 0 saturated carbocycles. The van der Waals surface area contributed by atoms with Crippen molar-refractivity contribution in [2.45, 2.75) is 0 Å². The van der Waals surface area contributed by atoms with Gasteiger partial charge in [0.2, 0.25) is 0 Å². The Kier molecular flexibility index (Phi) is 10.2. The van der Waals surface area contributed by atoms with Crippen LogP contribution in [0.2, 0.25) is 0 Å². The molecule has 2 aromatic heterocycles. The van der Waals surface area contributed by atoms with Crippen molar-refractivity contribution in [3.05, 3.63) is 255 Å². The summed E-state index contributed by atoms with van der Waals surface area (Å²) in [5, 5.41) is 2.33. The van der Waals surface area contributed by atoms with Gasteiger partial charge in [0.05, 0.1) is 11.0 Å². The largest absolute Gasteiger partial charge is 0.309 e. The predicted octanol–water partition coefficient (Wildman–Crippen LogP) is 16.3. The first-order valence-electron chi connectivity index (χ1n) is 22.7. The summed E-state index contributed by atoms with van der Waals surface area (Å²) >= 11 is 0. The number of nitrogens with zero attached hydrogens (tertiary/aromatic N) is 4. The van der Waals surface area contributed by atoms with E-state index in [0.717, 1.165) is 77.7 Å². The van der Waals surface area contributed by atoms with E-state index in [2.05, 4.69) is 235 Å². The molecule has 67 heavy (non-hydrogen) atoms. The van der Waals surface area contributed by atoms with Gasteiger partial charge in [-0.05, 0) is 92.0 Å². The third-order valence-electron chi connectivity index (χ3n) is 12.7. The molecular formula is C63H42N4. The van der Waals surface area contributed by atoms with Crippen molar-refractivity contribution in [3.63, 3.8) is 0 Å². The van der Waals surface area contributed by atoms with Gasteiger partial charge in [0.15, 0.2) is 17.5 Å². The second-order valence-electron chi connectivity index (χ2n) is 16.8. The molecule has 0 aliphatic heterocycles. The topological polar surface area (TPSA) is 43.6 Å². The molecule has 4 nitrogen and oxygen atoms in total. The molecule has 0 aliphatic carbocycles. The molecular weight excluding hydrogens is 813 g/mol. The van der Waals surface area contributed by atoms with Crippen molar-refractivity contribution >= 4 is 21.8 Å². The van der Waals surface area contributed by atoms with Crippen LogP contribution in [0.15, 0.2) is 255 Å². The van der Waals surface area contributed by atoms with Crippen LogP contribution < -0.4 is 0 Å². The van der Waals surface area contributed by atoms with Crippen molar-refractivity contribution in [1.29, 1.82) is 0 Å². The minimum atomic E-state index is 0.601. The first-order valence-corrected chi connectivity index (χ1v) is 22.7. The fourth-order valence-electron chi connectivity index (χ4n) is 9.31.